The van der Waals surface area contributed by atoms with E-state index in [1.807, 2.05) is 6.07 Å². The van der Waals surface area contributed by atoms with Crippen LogP contribution in [0.15, 0.2) is 59.0 Å². The number of hydrogen-bond donors (Lipinski definition) is 1. The Kier molecular flexibility index (Phi) is 6.80. The second-order valence-electron chi connectivity index (χ2n) is 6.04. The fourth-order valence-electron chi connectivity index (χ4n) is 2.55. The maximum Gasteiger partial charge on any atom is 0.269 e. The molecule has 0 atom stereocenters. The van der Waals surface area contributed by atoms with Gasteiger partial charge >= 0.3 is 0 Å². The van der Waals surface area contributed by atoms with Crippen LogP contribution in [0.3, 0.4) is 0 Å². The highest BCUT2D eigenvalue weighted by atomic mass is 35.5. The number of fused-ring (bicyclic) bond motifs is 1. The van der Waals surface area contributed by atoms with Crippen molar-refractivity contribution in [3.63, 3.8) is 0 Å². The summed E-state index contributed by atoms with van der Waals surface area (Å²) in [5.41, 5.74) is -0.428. The molecule has 0 fully saturated rings. The molecule has 0 saturated carbocycles. The smallest absolute Gasteiger partial charge is 0.269 e. The number of nitrogens with one attached hydrogen (secondary N) is 1. The van der Waals surface area contributed by atoms with Crippen molar-refractivity contribution in [2.24, 2.45) is 0 Å². The zero-order valence-corrected chi connectivity index (χ0v) is 16.7. The molecule has 30 heavy (non-hydrogen) atoms. The second-order valence-corrected chi connectivity index (χ2v) is 6.48. The number of pyridine rings is 1. The lowest BCUT2D eigenvalue weighted by molar-refractivity contribution is -0.117. The fourth-order valence-corrected chi connectivity index (χ4v) is 2.68. The average Bonchev–Trinajstić information content (AvgIpc) is 2.75. The lowest BCUT2D eigenvalue weighted by Crippen LogP contribution is -2.28. The Morgan fingerprint density at radius 1 is 1.30 bits per heavy atom. The van der Waals surface area contributed by atoms with Crippen LogP contribution in [0.25, 0.3) is 11.7 Å². The molecule has 3 aromatic rings. The summed E-state index contributed by atoms with van der Waals surface area (Å²) in [4.78, 5) is 29.7. The van der Waals surface area contributed by atoms with E-state index >= 15 is 0 Å². The third kappa shape index (κ3) is 4.84. The predicted molar refractivity (Wildman–Crippen MR) is 111 cm³/mol. The van der Waals surface area contributed by atoms with Crippen molar-refractivity contribution < 1.29 is 14.3 Å². The molecule has 2 heterocycles. The van der Waals surface area contributed by atoms with Crippen LogP contribution >= 0.6 is 11.6 Å². The molecule has 0 radical (unpaired) electrons. The molecule has 0 bridgehead atoms. The maximum absolute atomic E-state index is 13.0. The summed E-state index contributed by atoms with van der Waals surface area (Å²) < 4.78 is 12.0. The van der Waals surface area contributed by atoms with Gasteiger partial charge in [0.05, 0.1) is 6.61 Å². The number of benzene rings is 1. The number of ether oxygens (including phenoxy) is 2. The van der Waals surface area contributed by atoms with E-state index in [0.717, 1.165) is 0 Å². The molecule has 9 heteroatoms. The summed E-state index contributed by atoms with van der Waals surface area (Å²) in [7, 11) is 1.50. The number of amides is 1. The van der Waals surface area contributed by atoms with Gasteiger partial charge in [-0.05, 0) is 42.5 Å². The normalized spacial score (nSPS) is 11.2. The number of aromatic nitrogens is 2. The van der Waals surface area contributed by atoms with Crippen LogP contribution in [-0.4, -0.2) is 35.6 Å². The van der Waals surface area contributed by atoms with E-state index < -0.39 is 11.5 Å². The molecule has 0 saturated heterocycles. The first-order valence-electron chi connectivity index (χ1n) is 8.87. The van der Waals surface area contributed by atoms with Crippen molar-refractivity contribution in [2.75, 3.05) is 20.3 Å². The van der Waals surface area contributed by atoms with Gasteiger partial charge in [0.15, 0.2) is 0 Å². The molecule has 0 unspecified atom stereocenters. The first kappa shape index (κ1) is 21.0. The van der Waals surface area contributed by atoms with Crippen molar-refractivity contribution in [3.8, 4) is 17.7 Å². The zero-order valence-electron chi connectivity index (χ0n) is 16.0. The third-order valence-electron chi connectivity index (χ3n) is 4.01. The van der Waals surface area contributed by atoms with Crippen molar-refractivity contribution in [3.05, 3.63) is 75.2 Å². The number of halogens is 1. The quantitative estimate of drug-likeness (QED) is 0.355. The van der Waals surface area contributed by atoms with Crippen LogP contribution < -0.4 is 15.6 Å². The van der Waals surface area contributed by atoms with Gasteiger partial charge in [-0.25, -0.2) is 0 Å². The maximum atomic E-state index is 13.0. The van der Waals surface area contributed by atoms with E-state index in [-0.39, 0.29) is 30.2 Å². The van der Waals surface area contributed by atoms with Gasteiger partial charge in [0, 0.05) is 24.9 Å². The Morgan fingerprint density at radius 3 is 2.77 bits per heavy atom. The predicted octanol–water partition coefficient (Wildman–Crippen LogP) is 2.81. The molecule has 0 spiro atoms. The van der Waals surface area contributed by atoms with Gasteiger partial charge in [0.2, 0.25) is 5.88 Å². The zero-order chi connectivity index (χ0) is 21.5. The van der Waals surface area contributed by atoms with E-state index in [1.165, 1.54) is 17.6 Å². The Hall–Kier alpha value is -3.67. The monoisotopic (exact) mass is 424 g/mol. The largest absolute Gasteiger partial charge is 0.438 e. The van der Waals surface area contributed by atoms with Gasteiger partial charge in [-0.3, -0.25) is 14.0 Å². The number of nitriles is 1. The van der Waals surface area contributed by atoms with Gasteiger partial charge in [-0.1, -0.05) is 17.7 Å². The van der Waals surface area contributed by atoms with Crippen molar-refractivity contribution in [2.45, 2.75) is 0 Å². The van der Waals surface area contributed by atoms with E-state index in [0.29, 0.717) is 16.4 Å². The van der Waals surface area contributed by atoms with Gasteiger partial charge in [0.25, 0.3) is 11.5 Å². The van der Waals surface area contributed by atoms with Crippen LogP contribution in [-0.2, 0) is 9.53 Å². The molecule has 0 aliphatic rings. The summed E-state index contributed by atoms with van der Waals surface area (Å²) in [5.74, 6) is -0.278. The summed E-state index contributed by atoms with van der Waals surface area (Å²) in [5, 5.41) is 12.5. The minimum atomic E-state index is -0.635. The van der Waals surface area contributed by atoms with Crippen LogP contribution in [0, 0.1) is 11.3 Å². The molecule has 1 amide bonds. The summed E-state index contributed by atoms with van der Waals surface area (Å²) >= 11 is 5.90. The number of hydrogen-bond acceptors (Lipinski definition) is 6. The van der Waals surface area contributed by atoms with Gasteiger partial charge in [0.1, 0.15) is 28.6 Å². The Morgan fingerprint density at radius 2 is 2.07 bits per heavy atom. The molecule has 0 aliphatic heterocycles. The van der Waals surface area contributed by atoms with Crippen molar-refractivity contribution >= 4 is 29.2 Å². The molecule has 8 nitrogen and oxygen atoms in total. The third-order valence-corrected chi connectivity index (χ3v) is 4.26. The fraction of sp³-hybridized carbons (Fsp3) is 0.143. The molecule has 3 rings (SSSR count). The molecular formula is C21H17ClN4O4. The van der Waals surface area contributed by atoms with E-state index in [9.17, 15) is 14.9 Å². The molecule has 1 N–H and O–H groups in total. The Bertz CT molecular complexity index is 1200. The summed E-state index contributed by atoms with van der Waals surface area (Å²) in [6.07, 6.45) is 2.71. The topological polar surface area (TPSA) is 106 Å². The second kappa shape index (κ2) is 9.69. The molecule has 2 aromatic heterocycles. The highest BCUT2D eigenvalue weighted by Gasteiger charge is 2.17. The average molecular weight is 425 g/mol. The lowest BCUT2D eigenvalue weighted by atomic mass is 10.1. The first-order valence-corrected chi connectivity index (χ1v) is 9.25. The lowest BCUT2D eigenvalue weighted by Gasteiger charge is -2.10. The SMILES string of the molecule is COCCNC(=O)C(C#N)=Cc1c(Oc2ccc(Cl)cc2)nc2ccccn2c1=O. The number of rotatable bonds is 7. The van der Waals surface area contributed by atoms with E-state index in [2.05, 4.69) is 10.3 Å². The van der Waals surface area contributed by atoms with Crippen LogP contribution in [0.4, 0.5) is 0 Å². The van der Waals surface area contributed by atoms with Crippen LogP contribution in [0.2, 0.25) is 5.02 Å². The van der Waals surface area contributed by atoms with E-state index in [1.54, 1.807) is 48.7 Å². The molecule has 152 valence electrons. The Balaban J connectivity index is 2.09. The number of methoxy groups -OCH3 is 1. The molecular weight excluding hydrogens is 408 g/mol. The molecule has 1 aromatic carbocycles. The van der Waals surface area contributed by atoms with Gasteiger partial charge in [-0.2, -0.15) is 10.2 Å². The van der Waals surface area contributed by atoms with Crippen LogP contribution in [0.5, 0.6) is 11.6 Å². The number of carbonyl (C=O) groups excluding carboxylic acids is 1. The minimum absolute atomic E-state index is 0.0351. The highest BCUT2D eigenvalue weighted by molar-refractivity contribution is 6.30. The Labute approximate surface area is 176 Å². The van der Waals surface area contributed by atoms with E-state index in [4.69, 9.17) is 21.1 Å². The first-order chi connectivity index (χ1) is 14.5. The van der Waals surface area contributed by atoms with Crippen molar-refractivity contribution in [1.29, 1.82) is 5.26 Å². The standard InChI is InChI=1S/C21H17ClN4O4/c1-29-11-9-24-19(27)14(13-23)12-17-20(30-16-7-5-15(22)6-8-16)25-18-4-2-3-10-26(18)21(17)28/h2-8,10,12H,9,11H2,1H3,(H,24,27). The van der Waals surface area contributed by atoms with Crippen LogP contribution in [0.1, 0.15) is 5.56 Å². The summed E-state index contributed by atoms with van der Waals surface area (Å²) in [6.45, 7) is 0.507. The molecule has 0 aliphatic carbocycles. The minimum Gasteiger partial charge on any atom is -0.438 e. The van der Waals surface area contributed by atoms with Gasteiger partial charge < -0.3 is 14.8 Å². The number of carbonyl (C=O) groups is 1. The van der Waals surface area contributed by atoms with Gasteiger partial charge in [-0.15, -0.1) is 0 Å². The van der Waals surface area contributed by atoms with Crippen molar-refractivity contribution in [1.82, 2.24) is 14.7 Å². The summed E-state index contributed by atoms with van der Waals surface area (Å²) in [6, 6.07) is 13.4. The number of nitrogens with zero attached hydrogens (tertiary/aromatic N) is 3. The highest BCUT2D eigenvalue weighted by Crippen LogP contribution is 2.25.